The zero-order chi connectivity index (χ0) is 14.7. The summed E-state index contributed by atoms with van der Waals surface area (Å²) in [5.41, 5.74) is 0.834. The highest BCUT2D eigenvalue weighted by Gasteiger charge is 2.34. The first kappa shape index (κ1) is 14.7. The Balaban J connectivity index is 1.85. The van der Waals surface area contributed by atoms with Crippen LogP contribution >= 0.6 is 11.3 Å². The van der Waals surface area contributed by atoms with Crippen molar-refractivity contribution in [2.45, 2.75) is 31.1 Å². The van der Waals surface area contributed by atoms with Crippen LogP contribution in [0.1, 0.15) is 35.9 Å². The van der Waals surface area contributed by atoms with Crippen LogP contribution in [0.4, 0.5) is 0 Å². The Morgan fingerprint density at radius 2 is 2.05 bits per heavy atom. The van der Waals surface area contributed by atoms with Gasteiger partial charge >= 0.3 is 0 Å². The van der Waals surface area contributed by atoms with E-state index in [1.54, 1.807) is 10.5 Å². The molecule has 0 bridgehead atoms. The van der Waals surface area contributed by atoms with Gasteiger partial charge < -0.3 is 0 Å². The third-order valence-corrected chi connectivity index (χ3v) is 6.47. The van der Waals surface area contributed by atoms with Crippen LogP contribution in [0, 0.1) is 0 Å². The lowest BCUT2D eigenvalue weighted by Gasteiger charge is -2.33. The van der Waals surface area contributed by atoms with Gasteiger partial charge in [-0.2, -0.15) is 4.31 Å². The summed E-state index contributed by atoms with van der Waals surface area (Å²) < 4.78 is 27.2. The second-order valence-electron chi connectivity index (χ2n) is 5.23. The van der Waals surface area contributed by atoms with Gasteiger partial charge in [0.25, 0.3) is 0 Å². The number of rotatable bonds is 4. The van der Waals surface area contributed by atoms with Crippen LogP contribution in [0.5, 0.6) is 0 Å². The lowest BCUT2D eigenvalue weighted by atomic mass is 10.1. The fourth-order valence-electron chi connectivity index (χ4n) is 2.75. The van der Waals surface area contributed by atoms with Gasteiger partial charge in [0, 0.05) is 18.1 Å². The van der Waals surface area contributed by atoms with E-state index in [4.69, 9.17) is 0 Å². The molecule has 1 atom stereocenters. The van der Waals surface area contributed by atoms with Crippen molar-refractivity contribution < 1.29 is 8.42 Å². The quantitative estimate of drug-likeness (QED) is 0.868. The van der Waals surface area contributed by atoms with Gasteiger partial charge in [-0.1, -0.05) is 36.8 Å². The number of nitrogens with zero attached hydrogens (tertiary/aromatic N) is 2. The Labute approximate surface area is 129 Å². The topological polar surface area (TPSA) is 50.3 Å². The van der Waals surface area contributed by atoms with Crippen molar-refractivity contribution in [2.75, 3.05) is 6.54 Å². The normalized spacial score (nSPS) is 20.5. The molecule has 1 saturated heterocycles. The zero-order valence-electron chi connectivity index (χ0n) is 11.7. The van der Waals surface area contributed by atoms with E-state index in [0.717, 1.165) is 29.8 Å². The number of aromatic nitrogens is 1. The van der Waals surface area contributed by atoms with Crippen molar-refractivity contribution in [3.05, 3.63) is 52.5 Å². The van der Waals surface area contributed by atoms with E-state index in [1.165, 1.54) is 11.3 Å². The molecule has 2 aromatic rings. The van der Waals surface area contributed by atoms with E-state index in [-0.39, 0.29) is 11.8 Å². The first-order chi connectivity index (χ1) is 10.2. The number of thiazole rings is 1. The van der Waals surface area contributed by atoms with E-state index < -0.39 is 10.0 Å². The predicted molar refractivity (Wildman–Crippen MR) is 84.5 cm³/mol. The summed E-state index contributed by atoms with van der Waals surface area (Å²) in [5, 5.41) is 2.82. The maximum Gasteiger partial charge on any atom is 0.218 e. The molecule has 0 spiro atoms. The Bertz CT molecular complexity index is 669. The Kier molecular flexibility index (Phi) is 4.37. The van der Waals surface area contributed by atoms with Crippen molar-refractivity contribution >= 4 is 21.4 Å². The van der Waals surface area contributed by atoms with E-state index in [2.05, 4.69) is 4.98 Å². The minimum absolute atomic E-state index is 0.0652. The molecule has 2 heterocycles. The summed E-state index contributed by atoms with van der Waals surface area (Å²) in [6.45, 7) is 0.597. The van der Waals surface area contributed by atoms with Crippen LogP contribution in [-0.2, 0) is 15.8 Å². The number of hydrogen-bond donors (Lipinski definition) is 0. The average molecular weight is 322 g/mol. The summed E-state index contributed by atoms with van der Waals surface area (Å²) in [4.78, 5) is 4.32. The molecule has 21 heavy (non-hydrogen) atoms. The fraction of sp³-hybridized carbons (Fsp3) is 0.400. The maximum absolute atomic E-state index is 12.8. The van der Waals surface area contributed by atoms with E-state index in [9.17, 15) is 8.42 Å². The number of sulfonamides is 1. The number of benzene rings is 1. The minimum atomic E-state index is -3.31. The Hall–Kier alpha value is -1.24. The van der Waals surface area contributed by atoms with Gasteiger partial charge in [0.2, 0.25) is 10.0 Å². The molecular weight excluding hydrogens is 304 g/mol. The molecule has 1 aromatic heterocycles. The molecule has 6 heteroatoms. The summed E-state index contributed by atoms with van der Waals surface area (Å²) >= 11 is 1.54. The van der Waals surface area contributed by atoms with E-state index >= 15 is 0 Å². The second-order valence-corrected chi connectivity index (χ2v) is 8.08. The molecule has 1 aliphatic heterocycles. The summed E-state index contributed by atoms with van der Waals surface area (Å²) in [5.74, 6) is 0.0652. The van der Waals surface area contributed by atoms with Crippen molar-refractivity contribution in [1.29, 1.82) is 0 Å². The number of hydrogen-bond acceptors (Lipinski definition) is 4. The molecule has 112 valence electrons. The van der Waals surface area contributed by atoms with Gasteiger partial charge in [-0.3, -0.25) is 0 Å². The highest BCUT2D eigenvalue weighted by molar-refractivity contribution is 7.88. The van der Waals surface area contributed by atoms with Crippen LogP contribution in [-0.4, -0.2) is 24.3 Å². The van der Waals surface area contributed by atoms with Crippen LogP contribution < -0.4 is 0 Å². The summed E-state index contributed by atoms with van der Waals surface area (Å²) in [7, 11) is -3.31. The van der Waals surface area contributed by atoms with Gasteiger partial charge in [0.1, 0.15) is 5.01 Å². The molecule has 0 unspecified atom stereocenters. The molecule has 1 aliphatic rings. The predicted octanol–water partition coefficient (Wildman–Crippen LogP) is 3.20. The van der Waals surface area contributed by atoms with Gasteiger partial charge in [-0.25, -0.2) is 13.4 Å². The van der Waals surface area contributed by atoms with Crippen LogP contribution in [0.3, 0.4) is 0 Å². The molecule has 1 fully saturated rings. The molecule has 0 saturated carbocycles. The average Bonchev–Trinajstić information content (AvgIpc) is 3.02. The van der Waals surface area contributed by atoms with Crippen LogP contribution in [0.25, 0.3) is 0 Å². The number of piperidine rings is 1. The lowest BCUT2D eigenvalue weighted by molar-refractivity contribution is 0.255. The Morgan fingerprint density at radius 1 is 1.24 bits per heavy atom. The smallest absolute Gasteiger partial charge is 0.218 e. The van der Waals surface area contributed by atoms with Crippen LogP contribution in [0.2, 0.25) is 0 Å². The van der Waals surface area contributed by atoms with Crippen LogP contribution in [0.15, 0.2) is 41.9 Å². The summed E-state index contributed by atoms with van der Waals surface area (Å²) in [6, 6.07) is 9.28. The standard InChI is InChI=1S/C15H18N2O2S2/c18-21(19,12-13-6-2-1-3-7-13)17-10-5-4-8-14(17)15-16-9-11-20-15/h1-3,6-7,9,11,14H,4-5,8,10,12H2/t14-/m1/s1. The minimum Gasteiger partial charge on any atom is -0.248 e. The van der Waals surface area contributed by atoms with Gasteiger partial charge in [-0.05, 0) is 18.4 Å². The second kappa shape index (κ2) is 6.25. The molecule has 0 radical (unpaired) electrons. The summed E-state index contributed by atoms with van der Waals surface area (Å²) in [6.07, 6.45) is 4.59. The maximum atomic E-state index is 12.8. The highest BCUT2D eigenvalue weighted by atomic mass is 32.2. The van der Waals surface area contributed by atoms with E-state index in [1.807, 2.05) is 35.7 Å². The Morgan fingerprint density at radius 3 is 2.76 bits per heavy atom. The SMILES string of the molecule is O=S(=O)(Cc1ccccc1)N1CCCC[C@@H]1c1nccs1. The molecule has 3 rings (SSSR count). The molecular formula is C15H18N2O2S2. The third-order valence-electron chi connectivity index (χ3n) is 3.74. The largest absolute Gasteiger partial charge is 0.248 e. The van der Waals surface area contributed by atoms with Gasteiger partial charge in [0.15, 0.2) is 0 Å². The monoisotopic (exact) mass is 322 g/mol. The molecule has 4 nitrogen and oxygen atoms in total. The third kappa shape index (κ3) is 3.33. The van der Waals surface area contributed by atoms with Crippen molar-refractivity contribution in [3.63, 3.8) is 0 Å². The molecule has 0 amide bonds. The molecule has 0 N–H and O–H groups in total. The lowest BCUT2D eigenvalue weighted by Crippen LogP contribution is -2.39. The first-order valence-corrected chi connectivity index (χ1v) is 9.58. The van der Waals surface area contributed by atoms with Crippen molar-refractivity contribution in [1.82, 2.24) is 9.29 Å². The van der Waals surface area contributed by atoms with Gasteiger partial charge in [0.05, 0.1) is 11.8 Å². The van der Waals surface area contributed by atoms with Crippen molar-refractivity contribution in [2.24, 2.45) is 0 Å². The van der Waals surface area contributed by atoms with Gasteiger partial charge in [-0.15, -0.1) is 11.3 Å². The molecule has 1 aromatic carbocycles. The highest BCUT2D eigenvalue weighted by Crippen LogP contribution is 2.34. The molecule has 0 aliphatic carbocycles. The van der Waals surface area contributed by atoms with Crippen molar-refractivity contribution in [3.8, 4) is 0 Å². The van der Waals surface area contributed by atoms with E-state index in [0.29, 0.717) is 6.54 Å². The first-order valence-electron chi connectivity index (χ1n) is 7.10. The zero-order valence-corrected chi connectivity index (χ0v) is 13.3. The fourth-order valence-corrected chi connectivity index (χ4v) is 5.38.